The Labute approximate surface area is 123 Å². The molecule has 2 aromatic carbocycles. The molecule has 0 heterocycles. The predicted octanol–water partition coefficient (Wildman–Crippen LogP) is 4.58. The van der Waals surface area contributed by atoms with Crippen LogP contribution in [0.4, 0.5) is 11.4 Å². The summed E-state index contributed by atoms with van der Waals surface area (Å²) >= 11 is 6.09. The van der Waals surface area contributed by atoms with Crippen LogP contribution in [0.5, 0.6) is 5.75 Å². The van der Waals surface area contributed by atoms with Crippen molar-refractivity contribution in [2.24, 2.45) is 0 Å². The molecule has 0 amide bonds. The van der Waals surface area contributed by atoms with Crippen molar-refractivity contribution in [2.45, 2.75) is 13.8 Å². The molecule has 0 unspecified atom stereocenters. The van der Waals surface area contributed by atoms with E-state index in [4.69, 9.17) is 16.3 Å². The van der Waals surface area contributed by atoms with Gasteiger partial charge in [0.2, 0.25) is 0 Å². The van der Waals surface area contributed by atoms with E-state index < -0.39 is 0 Å². The highest BCUT2D eigenvalue weighted by Gasteiger charge is 2.09. The number of nitrogens with one attached hydrogen (secondary N) is 1. The van der Waals surface area contributed by atoms with Gasteiger partial charge in [-0.05, 0) is 43.2 Å². The van der Waals surface area contributed by atoms with E-state index >= 15 is 0 Å². The van der Waals surface area contributed by atoms with Crippen LogP contribution in [-0.4, -0.2) is 7.11 Å². The minimum absolute atomic E-state index is 0.597. The molecular weight excluding hydrogens is 272 g/mol. The molecule has 0 aliphatic carbocycles. The van der Waals surface area contributed by atoms with E-state index in [0.29, 0.717) is 16.3 Å². The molecule has 0 aliphatic heterocycles. The number of nitriles is 1. The zero-order valence-electron chi connectivity index (χ0n) is 11.6. The Balaban J connectivity index is 2.45. The molecule has 20 heavy (non-hydrogen) atoms. The Morgan fingerprint density at radius 1 is 1.15 bits per heavy atom. The van der Waals surface area contributed by atoms with Crippen molar-refractivity contribution in [1.29, 1.82) is 5.26 Å². The Hall–Kier alpha value is -2.18. The summed E-state index contributed by atoms with van der Waals surface area (Å²) in [4.78, 5) is 0. The predicted molar refractivity (Wildman–Crippen MR) is 81.9 cm³/mol. The molecule has 0 atom stereocenters. The van der Waals surface area contributed by atoms with Crippen LogP contribution in [0.25, 0.3) is 0 Å². The normalized spacial score (nSPS) is 9.95. The maximum Gasteiger partial charge on any atom is 0.143 e. The van der Waals surface area contributed by atoms with E-state index in [0.717, 1.165) is 22.5 Å². The third-order valence-corrected chi connectivity index (χ3v) is 3.45. The second-order valence-corrected chi connectivity index (χ2v) is 4.99. The Bertz CT molecular complexity index is 690. The third-order valence-electron chi connectivity index (χ3n) is 3.05. The summed E-state index contributed by atoms with van der Waals surface area (Å²) in [6.07, 6.45) is 0. The highest BCUT2D eigenvalue weighted by molar-refractivity contribution is 6.31. The Morgan fingerprint density at radius 2 is 1.90 bits per heavy atom. The van der Waals surface area contributed by atoms with Gasteiger partial charge in [0.15, 0.2) is 0 Å². The van der Waals surface area contributed by atoms with E-state index in [1.807, 2.05) is 38.1 Å². The van der Waals surface area contributed by atoms with Gasteiger partial charge < -0.3 is 10.1 Å². The van der Waals surface area contributed by atoms with Gasteiger partial charge in [0.25, 0.3) is 0 Å². The molecule has 0 spiro atoms. The molecule has 0 bridgehead atoms. The van der Waals surface area contributed by atoms with Gasteiger partial charge in [-0.2, -0.15) is 5.26 Å². The molecule has 102 valence electrons. The summed E-state index contributed by atoms with van der Waals surface area (Å²) in [6, 6.07) is 11.5. The first kappa shape index (κ1) is 14.2. The van der Waals surface area contributed by atoms with Crippen LogP contribution in [-0.2, 0) is 0 Å². The molecule has 0 radical (unpaired) electrons. The second-order valence-electron chi connectivity index (χ2n) is 4.59. The van der Waals surface area contributed by atoms with Crippen molar-refractivity contribution in [3.05, 3.63) is 52.0 Å². The molecule has 1 N–H and O–H groups in total. The van der Waals surface area contributed by atoms with Crippen molar-refractivity contribution >= 4 is 23.0 Å². The van der Waals surface area contributed by atoms with Crippen molar-refractivity contribution in [1.82, 2.24) is 0 Å². The maximum atomic E-state index is 9.20. The van der Waals surface area contributed by atoms with Gasteiger partial charge in [-0.3, -0.25) is 0 Å². The molecule has 2 rings (SSSR count). The average Bonchev–Trinajstić information content (AvgIpc) is 2.44. The summed E-state index contributed by atoms with van der Waals surface area (Å²) < 4.78 is 5.32. The fourth-order valence-electron chi connectivity index (χ4n) is 1.93. The van der Waals surface area contributed by atoms with E-state index in [1.54, 1.807) is 13.2 Å². The lowest BCUT2D eigenvalue weighted by molar-refractivity contribution is 0.417. The van der Waals surface area contributed by atoms with Crippen LogP contribution in [0.15, 0.2) is 30.3 Å². The lowest BCUT2D eigenvalue weighted by Crippen LogP contribution is -1.98. The summed E-state index contributed by atoms with van der Waals surface area (Å²) in [5.74, 6) is 0.644. The first-order valence-corrected chi connectivity index (χ1v) is 6.55. The van der Waals surface area contributed by atoms with Crippen molar-refractivity contribution in [3.63, 3.8) is 0 Å². The van der Waals surface area contributed by atoms with Crippen molar-refractivity contribution < 1.29 is 4.74 Å². The molecule has 2 aromatic rings. The molecule has 0 saturated carbocycles. The molecule has 3 nitrogen and oxygen atoms in total. The minimum Gasteiger partial charge on any atom is -0.495 e. The number of aryl methyl sites for hydroxylation is 2. The fraction of sp³-hybridized carbons (Fsp3) is 0.188. The van der Waals surface area contributed by atoms with Crippen LogP contribution in [0, 0.1) is 25.2 Å². The summed E-state index contributed by atoms with van der Waals surface area (Å²) in [7, 11) is 1.59. The van der Waals surface area contributed by atoms with Crippen molar-refractivity contribution in [2.75, 3.05) is 12.4 Å². The Morgan fingerprint density at radius 3 is 2.55 bits per heavy atom. The number of ether oxygens (including phenoxy) is 1. The van der Waals surface area contributed by atoms with Crippen molar-refractivity contribution in [3.8, 4) is 11.8 Å². The zero-order valence-corrected chi connectivity index (χ0v) is 12.4. The maximum absolute atomic E-state index is 9.20. The molecule has 0 saturated heterocycles. The monoisotopic (exact) mass is 286 g/mol. The van der Waals surface area contributed by atoms with Gasteiger partial charge in [0, 0.05) is 11.1 Å². The topological polar surface area (TPSA) is 45.0 Å². The van der Waals surface area contributed by atoms with Gasteiger partial charge in [0.1, 0.15) is 11.8 Å². The minimum atomic E-state index is 0.597. The first-order valence-electron chi connectivity index (χ1n) is 6.17. The van der Waals surface area contributed by atoms with Gasteiger partial charge in [-0.25, -0.2) is 0 Å². The number of hydrogen-bond acceptors (Lipinski definition) is 3. The Kier molecular flexibility index (Phi) is 4.16. The van der Waals surface area contributed by atoms with E-state index in [1.165, 1.54) is 0 Å². The number of rotatable bonds is 3. The highest BCUT2D eigenvalue weighted by atomic mass is 35.5. The number of halogens is 1. The lowest BCUT2D eigenvalue weighted by Gasteiger charge is -2.14. The van der Waals surface area contributed by atoms with Crippen LogP contribution in [0.3, 0.4) is 0 Å². The van der Waals surface area contributed by atoms with Crippen LogP contribution in [0.2, 0.25) is 5.02 Å². The van der Waals surface area contributed by atoms with E-state index in [9.17, 15) is 5.26 Å². The first-order chi connectivity index (χ1) is 9.55. The number of methoxy groups -OCH3 is 1. The number of benzene rings is 2. The summed E-state index contributed by atoms with van der Waals surface area (Å²) in [5.41, 5.74) is 4.12. The number of nitrogens with zero attached hydrogens (tertiary/aromatic N) is 1. The van der Waals surface area contributed by atoms with Crippen LogP contribution in [0.1, 0.15) is 16.7 Å². The number of anilines is 2. The molecule has 0 fully saturated rings. The standard InChI is InChI=1S/C16H15ClN2O/c1-10-4-5-14(12(6-10)9-18)19-15-7-11(2)13(17)8-16(15)20-3/h4-8,19H,1-3H3. The smallest absolute Gasteiger partial charge is 0.143 e. The molecule has 0 aliphatic rings. The average molecular weight is 287 g/mol. The van der Waals surface area contributed by atoms with Gasteiger partial charge in [-0.15, -0.1) is 0 Å². The van der Waals surface area contributed by atoms with Gasteiger partial charge >= 0.3 is 0 Å². The second kappa shape index (κ2) is 5.85. The number of hydrogen-bond donors (Lipinski definition) is 1. The molecular formula is C16H15ClN2O. The molecule has 4 heteroatoms. The summed E-state index contributed by atoms with van der Waals surface area (Å²) in [5, 5.41) is 13.1. The molecule has 0 aromatic heterocycles. The van der Waals surface area contributed by atoms with Crippen LogP contribution >= 0.6 is 11.6 Å². The largest absolute Gasteiger partial charge is 0.495 e. The lowest BCUT2D eigenvalue weighted by atomic mass is 10.1. The van der Waals surface area contributed by atoms with Crippen LogP contribution < -0.4 is 10.1 Å². The van der Waals surface area contributed by atoms with Gasteiger partial charge in [0.05, 0.1) is 24.0 Å². The summed E-state index contributed by atoms with van der Waals surface area (Å²) in [6.45, 7) is 3.88. The fourth-order valence-corrected chi connectivity index (χ4v) is 2.09. The third kappa shape index (κ3) is 2.87. The SMILES string of the molecule is COc1cc(Cl)c(C)cc1Nc1ccc(C)cc1C#N. The highest BCUT2D eigenvalue weighted by Crippen LogP contribution is 2.33. The van der Waals surface area contributed by atoms with Gasteiger partial charge in [-0.1, -0.05) is 17.7 Å². The quantitative estimate of drug-likeness (QED) is 0.898. The zero-order chi connectivity index (χ0) is 14.7. The van der Waals surface area contributed by atoms with E-state index in [2.05, 4.69) is 11.4 Å². The van der Waals surface area contributed by atoms with E-state index in [-0.39, 0.29) is 0 Å².